The summed E-state index contributed by atoms with van der Waals surface area (Å²) in [5.41, 5.74) is 0.384. The Morgan fingerprint density at radius 2 is 2.00 bits per heavy atom. The lowest BCUT2D eigenvalue weighted by molar-refractivity contribution is 0.203. The van der Waals surface area contributed by atoms with Crippen LogP contribution in [0.2, 0.25) is 0 Å². The Balaban J connectivity index is 1.82. The molecule has 2 N–H and O–H groups in total. The highest BCUT2D eigenvalue weighted by molar-refractivity contribution is 6.58. The molecule has 0 saturated heterocycles. The quantitative estimate of drug-likeness (QED) is 0.755. The minimum Gasteiger partial charge on any atom is -0.477 e. The highest BCUT2D eigenvalue weighted by Crippen LogP contribution is 2.23. The van der Waals surface area contributed by atoms with Crippen molar-refractivity contribution in [3.05, 3.63) is 18.3 Å². The minimum atomic E-state index is -1.46. The second kappa shape index (κ2) is 6.03. The molecule has 1 aliphatic rings. The monoisotopic (exact) mass is 235 g/mol. The van der Waals surface area contributed by atoms with E-state index in [2.05, 4.69) is 4.98 Å². The second-order valence-electron chi connectivity index (χ2n) is 4.62. The summed E-state index contributed by atoms with van der Waals surface area (Å²) in [4.78, 5) is 4.04. The Kier molecular flexibility index (Phi) is 4.39. The maximum absolute atomic E-state index is 8.92. The van der Waals surface area contributed by atoms with Gasteiger partial charge in [0.25, 0.3) is 0 Å². The number of nitrogens with zero attached hydrogens (tertiary/aromatic N) is 1. The van der Waals surface area contributed by atoms with Crippen molar-refractivity contribution in [2.75, 3.05) is 6.61 Å². The van der Waals surface area contributed by atoms with Crippen molar-refractivity contribution in [2.24, 2.45) is 5.92 Å². The van der Waals surface area contributed by atoms with Crippen LogP contribution in [0.25, 0.3) is 0 Å². The number of hydrogen-bond donors (Lipinski definition) is 2. The van der Waals surface area contributed by atoms with Crippen molar-refractivity contribution in [1.29, 1.82) is 0 Å². The van der Waals surface area contributed by atoms with Crippen LogP contribution in [0.1, 0.15) is 32.1 Å². The summed E-state index contributed by atoms with van der Waals surface area (Å²) in [7, 11) is -1.46. The van der Waals surface area contributed by atoms with E-state index in [9.17, 15) is 0 Å². The highest BCUT2D eigenvalue weighted by Gasteiger charge is 2.15. The zero-order valence-corrected chi connectivity index (χ0v) is 9.88. The molecule has 0 aromatic carbocycles. The van der Waals surface area contributed by atoms with Gasteiger partial charge in [-0.1, -0.05) is 25.3 Å². The fourth-order valence-corrected chi connectivity index (χ4v) is 2.19. The lowest BCUT2D eigenvalue weighted by atomic mass is 9.82. The van der Waals surface area contributed by atoms with Gasteiger partial charge in [-0.15, -0.1) is 0 Å². The van der Waals surface area contributed by atoms with Crippen LogP contribution < -0.4 is 10.2 Å². The molecule has 0 spiro atoms. The molecule has 4 nitrogen and oxygen atoms in total. The summed E-state index contributed by atoms with van der Waals surface area (Å²) in [6, 6.07) is 3.30. The molecule has 1 saturated carbocycles. The van der Waals surface area contributed by atoms with Crippen molar-refractivity contribution < 1.29 is 14.8 Å². The average Bonchev–Trinajstić information content (AvgIpc) is 2.38. The standard InChI is InChI=1S/C12H18BNO3/c15-13(16)11-6-7-12(14-8-11)17-9-10-4-2-1-3-5-10/h6-8,10,15-16H,1-5,9H2. The maximum Gasteiger partial charge on any atom is 0.490 e. The molecule has 1 aliphatic carbocycles. The summed E-state index contributed by atoms with van der Waals surface area (Å²) in [6.07, 6.45) is 7.87. The number of hydrogen-bond acceptors (Lipinski definition) is 4. The Morgan fingerprint density at radius 3 is 2.59 bits per heavy atom. The molecule has 1 aromatic rings. The molecule has 0 unspecified atom stereocenters. The van der Waals surface area contributed by atoms with Crippen molar-refractivity contribution in [3.63, 3.8) is 0 Å². The molecule has 1 aromatic heterocycles. The molecule has 0 amide bonds. The minimum absolute atomic E-state index is 0.384. The summed E-state index contributed by atoms with van der Waals surface area (Å²) in [5.74, 6) is 1.20. The molecule has 0 atom stereocenters. The van der Waals surface area contributed by atoms with Crippen LogP contribution in [-0.4, -0.2) is 28.8 Å². The van der Waals surface area contributed by atoms with E-state index >= 15 is 0 Å². The Labute approximate surface area is 102 Å². The van der Waals surface area contributed by atoms with Crippen molar-refractivity contribution >= 4 is 12.6 Å². The van der Waals surface area contributed by atoms with E-state index in [1.807, 2.05) is 0 Å². The number of aromatic nitrogens is 1. The van der Waals surface area contributed by atoms with E-state index < -0.39 is 7.12 Å². The molecular formula is C12H18BNO3. The van der Waals surface area contributed by atoms with Gasteiger partial charge < -0.3 is 14.8 Å². The third-order valence-corrected chi connectivity index (χ3v) is 3.25. The van der Waals surface area contributed by atoms with Gasteiger partial charge in [0.15, 0.2) is 0 Å². The van der Waals surface area contributed by atoms with Crippen molar-refractivity contribution in [2.45, 2.75) is 32.1 Å². The molecule has 92 valence electrons. The van der Waals surface area contributed by atoms with E-state index in [-0.39, 0.29) is 0 Å². The van der Waals surface area contributed by atoms with Crippen LogP contribution in [-0.2, 0) is 0 Å². The van der Waals surface area contributed by atoms with Gasteiger partial charge in [-0.2, -0.15) is 0 Å². The molecular weight excluding hydrogens is 217 g/mol. The van der Waals surface area contributed by atoms with E-state index in [1.165, 1.54) is 38.3 Å². The molecule has 5 heteroatoms. The van der Waals surface area contributed by atoms with Crippen LogP contribution in [0.15, 0.2) is 18.3 Å². The fourth-order valence-electron chi connectivity index (χ4n) is 2.19. The number of ether oxygens (including phenoxy) is 1. The Morgan fingerprint density at radius 1 is 1.24 bits per heavy atom. The van der Waals surface area contributed by atoms with Crippen LogP contribution >= 0.6 is 0 Å². The number of rotatable bonds is 4. The summed E-state index contributed by atoms with van der Waals surface area (Å²) < 4.78 is 5.61. The summed E-state index contributed by atoms with van der Waals surface area (Å²) >= 11 is 0. The number of pyridine rings is 1. The molecule has 0 radical (unpaired) electrons. The SMILES string of the molecule is OB(O)c1ccc(OCC2CCCCC2)nc1. The van der Waals surface area contributed by atoms with E-state index in [1.54, 1.807) is 12.1 Å². The predicted octanol–water partition coefficient (Wildman–Crippen LogP) is 0.720. The maximum atomic E-state index is 8.92. The third-order valence-electron chi connectivity index (χ3n) is 3.25. The van der Waals surface area contributed by atoms with Gasteiger partial charge in [0.2, 0.25) is 5.88 Å². The summed E-state index contributed by atoms with van der Waals surface area (Å²) in [5, 5.41) is 17.8. The highest BCUT2D eigenvalue weighted by atomic mass is 16.5. The van der Waals surface area contributed by atoms with Crippen LogP contribution in [0.4, 0.5) is 0 Å². The first-order valence-electron chi connectivity index (χ1n) is 6.20. The average molecular weight is 235 g/mol. The van der Waals surface area contributed by atoms with Gasteiger partial charge in [-0.3, -0.25) is 0 Å². The smallest absolute Gasteiger partial charge is 0.477 e. The van der Waals surface area contributed by atoms with Gasteiger partial charge in [0.1, 0.15) is 0 Å². The fraction of sp³-hybridized carbons (Fsp3) is 0.583. The van der Waals surface area contributed by atoms with Gasteiger partial charge >= 0.3 is 7.12 Å². The normalized spacial score (nSPS) is 16.8. The third kappa shape index (κ3) is 3.72. The van der Waals surface area contributed by atoms with E-state index in [0.717, 1.165) is 0 Å². The van der Waals surface area contributed by atoms with E-state index in [0.29, 0.717) is 23.9 Å². The van der Waals surface area contributed by atoms with Crippen molar-refractivity contribution in [1.82, 2.24) is 4.98 Å². The van der Waals surface area contributed by atoms with Gasteiger partial charge in [0.05, 0.1) is 6.61 Å². The molecule has 0 aliphatic heterocycles. The van der Waals surface area contributed by atoms with Crippen LogP contribution in [0, 0.1) is 5.92 Å². The molecule has 1 heterocycles. The second-order valence-corrected chi connectivity index (χ2v) is 4.62. The summed E-state index contributed by atoms with van der Waals surface area (Å²) in [6.45, 7) is 0.716. The molecule has 0 bridgehead atoms. The zero-order chi connectivity index (χ0) is 12.1. The molecule has 1 fully saturated rings. The first-order valence-corrected chi connectivity index (χ1v) is 6.20. The van der Waals surface area contributed by atoms with Crippen LogP contribution in [0.5, 0.6) is 5.88 Å². The zero-order valence-electron chi connectivity index (χ0n) is 9.88. The van der Waals surface area contributed by atoms with Gasteiger partial charge in [0, 0.05) is 11.7 Å². The molecule has 2 rings (SSSR count). The first kappa shape index (κ1) is 12.4. The Hall–Kier alpha value is -1.07. The van der Waals surface area contributed by atoms with Crippen LogP contribution in [0.3, 0.4) is 0 Å². The lowest BCUT2D eigenvalue weighted by Crippen LogP contribution is -2.30. The largest absolute Gasteiger partial charge is 0.490 e. The predicted molar refractivity (Wildman–Crippen MR) is 66.1 cm³/mol. The van der Waals surface area contributed by atoms with Gasteiger partial charge in [-0.25, -0.2) is 4.98 Å². The van der Waals surface area contributed by atoms with Gasteiger partial charge in [-0.05, 0) is 24.8 Å². The lowest BCUT2D eigenvalue weighted by Gasteiger charge is -2.21. The van der Waals surface area contributed by atoms with E-state index in [4.69, 9.17) is 14.8 Å². The Bertz CT molecular complexity index is 336. The first-order chi connectivity index (χ1) is 8.25. The molecule has 17 heavy (non-hydrogen) atoms. The van der Waals surface area contributed by atoms with Crippen molar-refractivity contribution in [3.8, 4) is 5.88 Å². The topological polar surface area (TPSA) is 62.6 Å².